The van der Waals surface area contributed by atoms with Crippen LogP contribution in [0.1, 0.15) is 38.5 Å². The monoisotopic (exact) mass is 183 g/mol. The largest absolute Gasteiger partial charge is 0.380 e. The Hall–Kier alpha value is -0.0800. The van der Waals surface area contributed by atoms with Crippen LogP contribution in [-0.4, -0.2) is 25.8 Å². The maximum absolute atomic E-state index is 5.49. The second kappa shape index (κ2) is 4.43. The fourth-order valence-electron chi connectivity index (χ4n) is 2.25. The summed E-state index contributed by atoms with van der Waals surface area (Å²) in [5.74, 6) is 0.986. The van der Waals surface area contributed by atoms with E-state index in [9.17, 15) is 0 Å². The van der Waals surface area contributed by atoms with Gasteiger partial charge in [-0.2, -0.15) is 0 Å². The summed E-state index contributed by atoms with van der Waals surface area (Å²) in [6, 6.07) is 0.638. The van der Waals surface area contributed by atoms with Gasteiger partial charge in [0.1, 0.15) is 0 Å². The molecule has 2 saturated carbocycles. The van der Waals surface area contributed by atoms with Crippen molar-refractivity contribution < 1.29 is 4.74 Å². The van der Waals surface area contributed by atoms with E-state index in [0.717, 1.165) is 5.92 Å². The molecule has 2 rings (SSSR count). The van der Waals surface area contributed by atoms with Gasteiger partial charge in [-0.3, -0.25) is 0 Å². The molecule has 2 fully saturated rings. The van der Waals surface area contributed by atoms with E-state index >= 15 is 0 Å². The van der Waals surface area contributed by atoms with E-state index in [4.69, 9.17) is 4.74 Å². The third-order valence-corrected chi connectivity index (χ3v) is 3.37. The zero-order valence-electron chi connectivity index (χ0n) is 8.59. The van der Waals surface area contributed by atoms with E-state index in [1.807, 2.05) is 7.11 Å². The van der Waals surface area contributed by atoms with Crippen molar-refractivity contribution in [3.8, 4) is 0 Å². The van der Waals surface area contributed by atoms with E-state index < -0.39 is 0 Å². The van der Waals surface area contributed by atoms with Gasteiger partial charge >= 0.3 is 0 Å². The highest BCUT2D eigenvalue weighted by Crippen LogP contribution is 2.29. The number of rotatable bonds is 4. The van der Waals surface area contributed by atoms with E-state index in [0.29, 0.717) is 12.1 Å². The van der Waals surface area contributed by atoms with Crippen LogP contribution in [0.15, 0.2) is 0 Å². The average molecular weight is 183 g/mol. The van der Waals surface area contributed by atoms with Crippen LogP contribution in [0.5, 0.6) is 0 Å². The summed E-state index contributed by atoms with van der Waals surface area (Å²) in [4.78, 5) is 0. The molecule has 0 aromatic carbocycles. The Morgan fingerprint density at radius 1 is 1.15 bits per heavy atom. The Balaban J connectivity index is 1.72. The van der Waals surface area contributed by atoms with Gasteiger partial charge in [-0.25, -0.2) is 0 Å². The second-order valence-electron chi connectivity index (χ2n) is 4.52. The molecule has 2 atom stereocenters. The molecular weight excluding hydrogens is 162 g/mol. The van der Waals surface area contributed by atoms with E-state index in [-0.39, 0.29) is 0 Å². The minimum absolute atomic E-state index is 0.479. The van der Waals surface area contributed by atoms with Crippen LogP contribution in [0.25, 0.3) is 0 Å². The first-order valence-corrected chi connectivity index (χ1v) is 5.66. The van der Waals surface area contributed by atoms with Crippen LogP contribution < -0.4 is 5.32 Å². The zero-order chi connectivity index (χ0) is 9.10. The van der Waals surface area contributed by atoms with Gasteiger partial charge in [-0.15, -0.1) is 0 Å². The maximum Gasteiger partial charge on any atom is 0.0724 e. The molecule has 76 valence electrons. The first-order chi connectivity index (χ1) is 6.40. The number of nitrogens with one attached hydrogen (secondary N) is 1. The van der Waals surface area contributed by atoms with Crippen molar-refractivity contribution in [3.05, 3.63) is 0 Å². The van der Waals surface area contributed by atoms with Crippen LogP contribution in [-0.2, 0) is 4.74 Å². The lowest BCUT2D eigenvalue weighted by molar-refractivity contribution is 0.0416. The lowest BCUT2D eigenvalue weighted by Gasteiger charge is -2.31. The van der Waals surface area contributed by atoms with Crippen LogP contribution >= 0.6 is 0 Å². The molecule has 0 aromatic rings. The highest BCUT2D eigenvalue weighted by atomic mass is 16.5. The summed E-state index contributed by atoms with van der Waals surface area (Å²) in [6.07, 6.45) is 8.65. The molecule has 0 aliphatic heterocycles. The molecule has 13 heavy (non-hydrogen) atoms. The number of methoxy groups -OCH3 is 1. The summed E-state index contributed by atoms with van der Waals surface area (Å²) in [7, 11) is 1.85. The Morgan fingerprint density at radius 2 is 1.92 bits per heavy atom. The standard InChI is InChI=1S/C11H21NO/c1-13-11-5-3-2-4-10(11)12-8-9-6-7-9/h9-12H,2-8H2,1H3. The molecule has 2 nitrogen and oxygen atoms in total. The van der Waals surface area contributed by atoms with Crippen molar-refractivity contribution in [2.24, 2.45) is 5.92 Å². The molecule has 0 bridgehead atoms. The van der Waals surface area contributed by atoms with Gasteiger partial charge < -0.3 is 10.1 Å². The predicted octanol–water partition coefficient (Wildman–Crippen LogP) is 1.94. The first kappa shape index (κ1) is 9.47. The number of hydrogen-bond acceptors (Lipinski definition) is 2. The van der Waals surface area contributed by atoms with E-state index in [1.165, 1.54) is 45.1 Å². The molecule has 2 aliphatic carbocycles. The topological polar surface area (TPSA) is 21.3 Å². The van der Waals surface area contributed by atoms with Crippen molar-refractivity contribution in [3.63, 3.8) is 0 Å². The van der Waals surface area contributed by atoms with Gasteiger partial charge in [-0.1, -0.05) is 12.8 Å². The van der Waals surface area contributed by atoms with E-state index in [1.54, 1.807) is 0 Å². The van der Waals surface area contributed by atoms with Gasteiger partial charge in [0.15, 0.2) is 0 Å². The number of hydrogen-bond donors (Lipinski definition) is 1. The average Bonchev–Trinajstić information content (AvgIpc) is 2.99. The molecular formula is C11H21NO. The summed E-state index contributed by atoms with van der Waals surface area (Å²) < 4.78 is 5.49. The van der Waals surface area contributed by atoms with Gasteiger partial charge in [0, 0.05) is 13.2 Å². The van der Waals surface area contributed by atoms with Crippen molar-refractivity contribution in [2.75, 3.05) is 13.7 Å². The molecule has 1 N–H and O–H groups in total. The van der Waals surface area contributed by atoms with E-state index in [2.05, 4.69) is 5.32 Å². The third-order valence-electron chi connectivity index (χ3n) is 3.37. The Bertz CT molecular complexity index is 156. The Labute approximate surface area is 81.0 Å². The molecule has 2 aliphatic rings. The van der Waals surface area contributed by atoms with Gasteiger partial charge in [-0.05, 0) is 38.1 Å². The summed E-state index contributed by atoms with van der Waals surface area (Å²) >= 11 is 0. The minimum Gasteiger partial charge on any atom is -0.380 e. The zero-order valence-corrected chi connectivity index (χ0v) is 8.59. The highest BCUT2D eigenvalue weighted by molar-refractivity contribution is 4.84. The van der Waals surface area contributed by atoms with Crippen LogP contribution in [0, 0.1) is 5.92 Å². The molecule has 0 spiro atoms. The lowest BCUT2D eigenvalue weighted by Crippen LogP contribution is -2.43. The molecule has 2 heteroatoms. The fraction of sp³-hybridized carbons (Fsp3) is 1.00. The molecule has 2 unspecified atom stereocenters. The summed E-state index contributed by atoms with van der Waals surface area (Å²) in [6.45, 7) is 1.23. The summed E-state index contributed by atoms with van der Waals surface area (Å²) in [5.41, 5.74) is 0. The van der Waals surface area contributed by atoms with Gasteiger partial charge in [0.05, 0.1) is 6.10 Å². The quantitative estimate of drug-likeness (QED) is 0.719. The summed E-state index contributed by atoms with van der Waals surface area (Å²) in [5, 5.41) is 3.66. The van der Waals surface area contributed by atoms with Gasteiger partial charge in [0.25, 0.3) is 0 Å². The fourth-order valence-corrected chi connectivity index (χ4v) is 2.25. The second-order valence-corrected chi connectivity index (χ2v) is 4.52. The first-order valence-electron chi connectivity index (χ1n) is 5.66. The molecule has 0 heterocycles. The predicted molar refractivity (Wildman–Crippen MR) is 53.8 cm³/mol. The highest BCUT2D eigenvalue weighted by Gasteiger charge is 2.27. The van der Waals surface area contributed by atoms with Crippen molar-refractivity contribution in [1.29, 1.82) is 0 Å². The maximum atomic E-state index is 5.49. The normalized spacial score (nSPS) is 34.8. The van der Waals surface area contributed by atoms with Crippen molar-refractivity contribution in [2.45, 2.75) is 50.7 Å². The van der Waals surface area contributed by atoms with Crippen LogP contribution in [0.2, 0.25) is 0 Å². The molecule has 0 amide bonds. The molecule has 0 saturated heterocycles. The lowest BCUT2D eigenvalue weighted by atomic mass is 9.92. The van der Waals surface area contributed by atoms with Crippen molar-refractivity contribution in [1.82, 2.24) is 5.32 Å². The smallest absolute Gasteiger partial charge is 0.0724 e. The van der Waals surface area contributed by atoms with Crippen LogP contribution in [0.3, 0.4) is 0 Å². The Morgan fingerprint density at radius 3 is 2.62 bits per heavy atom. The molecule has 0 aromatic heterocycles. The van der Waals surface area contributed by atoms with Crippen molar-refractivity contribution >= 4 is 0 Å². The minimum atomic E-state index is 0.479. The Kier molecular flexibility index (Phi) is 3.23. The molecule has 0 radical (unpaired) electrons. The third kappa shape index (κ3) is 2.68. The van der Waals surface area contributed by atoms with Crippen LogP contribution in [0.4, 0.5) is 0 Å². The van der Waals surface area contributed by atoms with Gasteiger partial charge in [0.2, 0.25) is 0 Å². The SMILES string of the molecule is COC1CCCCC1NCC1CC1. The number of ether oxygens (including phenoxy) is 1.